The van der Waals surface area contributed by atoms with Gasteiger partial charge in [-0.3, -0.25) is 0 Å². The molecule has 9 aromatic rings. The number of anilines is 6. The molecule has 0 fully saturated rings. The molecule has 0 saturated carbocycles. The third kappa shape index (κ3) is 4.78. The number of hydrogen-bond donors (Lipinski definition) is 0. The van der Waals surface area contributed by atoms with Crippen LogP contribution in [0.15, 0.2) is 182 Å². The van der Waals surface area contributed by atoms with Crippen molar-refractivity contribution >= 4 is 76.4 Å². The van der Waals surface area contributed by atoms with Crippen LogP contribution in [-0.2, 0) is 18.3 Å². The fraction of sp³-hybridized carbons (Fsp3) is 0.0980. The Kier molecular flexibility index (Phi) is 7.25. The molecule has 0 bridgehead atoms. The van der Waals surface area contributed by atoms with Gasteiger partial charge in [0.25, 0.3) is 0 Å². The molecule has 0 N–H and O–H groups in total. The van der Waals surface area contributed by atoms with Crippen LogP contribution in [0.25, 0.3) is 30.9 Å². The van der Waals surface area contributed by atoms with E-state index in [-0.39, 0.29) is 5.41 Å². The Morgan fingerprint density at radius 2 is 0.926 bits per heavy atom. The number of aryl methyl sites for hydroxylation is 2. The zero-order valence-electron chi connectivity index (χ0n) is 30.0. The second-order valence-corrected chi connectivity index (χ2v) is 15.9. The minimum atomic E-state index is -0.137. The van der Waals surface area contributed by atoms with Gasteiger partial charge >= 0.3 is 0 Å². The molecule has 1 atom stereocenters. The van der Waals surface area contributed by atoms with Crippen molar-refractivity contribution in [3.63, 3.8) is 0 Å². The molecular formula is C51H38N2S. The van der Waals surface area contributed by atoms with Crippen molar-refractivity contribution in [2.75, 3.05) is 9.80 Å². The van der Waals surface area contributed by atoms with Crippen LogP contribution < -0.4 is 9.80 Å². The molecule has 0 amide bonds. The zero-order valence-corrected chi connectivity index (χ0v) is 30.8. The molecule has 1 aromatic heterocycles. The van der Waals surface area contributed by atoms with Gasteiger partial charge in [-0.2, -0.15) is 0 Å². The fourth-order valence-electron chi connectivity index (χ4n) is 9.76. The molecule has 8 aromatic carbocycles. The molecule has 1 heterocycles. The van der Waals surface area contributed by atoms with Crippen LogP contribution >= 0.6 is 11.3 Å². The van der Waals surface area contributed by atoms with Crippen LogP contribution in [0.1, 0.15) is 35.1 Å². The second kappa shape index (κ2) is 12.5. The van der Waals surface area contributed by atoms with Gasteiger partial charge in [-0.15, -0.1) is 11.3 Å². The summed E-state index contributed by atoms with van der Waals surface area (Å²) in [7, 11) is 0. The molecule has 0 unspecified atom stereocenters. The Hall–Kier alpha value is -6.16. The minimum absolute atomic E-state index is 0.137. The van der Waals surface area contributed by atoms with E-state index in [1.54, 1.807) is 0 Å². The number of hydrogen-bond acceptors (Lipinski definition) is 3. The maximum Gasteiger partial charge on any atom is 0.0540 e. The quantitative estimate of drug-likeness (QED) is 0.169. The van der Waals surface area contributed by atoms with Crippen molar-refractivity contribution in [3.8, 4) is 0 Å². The van der Waals surface area contributed by atoms with Gasteiger partial charge in [-0.05, 0) is 120 Å². The molecule has 0 radical (unpaired) electrons. The molecule has 0 aliphatic heterocycles. The molecule has 2 aliphatic rings. The maximum absolute atomic E-state index is 2.54. The van der Waals surface area contributed by atoms with Crippen molar-refractivity contribution < 1.29 is 0 Å². The van der Waals surface area contributed by atoms with Gasteiger partial charge in [0.05, 0.1) is 17.1 Å². The van der Waals surface area contributed by atoms with E-state index >= 15 is 0 Å². The number of benzene rings is 8. The lowest BCUT2D eigenvalue weighted by molar-refractivity contribution is 0.508. The van der Waals surface area contributed by atoms with Crippen LogP contribution in [0, 0.1) is 0 Å². The highest BCUT2D eigenvalue weighted by molar-refractivity contribution is 7.25. The van der Waals surface area contributed by atoms with Gasteiger partial charge < -0.3 is 9.80 Å². The van der Waals surface area contributed by atoms with Crippen molar-refractivity contribution in [1.29, 1.82) is 0 Å². The number of para-hydroxylation sites is 2. The van der Waals surface area contributed by atoms with Gasteiger partial charge in [-0.1, -0.05) is 115 Å². The van der Waals surface area contributed by atoms with Gasteiger partial charge in [0.15, 0.2) is 0 Å². The first-order valence-electron chi connectivity index (χ1n) is 19.1. The zero-order chi connectivity index (χ0) is 35.6. The molecule has 2 nitrogen and oxygen atoms in total. The fourth-order valence-corrected chi connectivity index (χ4v) is 10.8. The summed E-state index contributed by atoms with van der Waals surface area (Å²) in [4.78, 5) is 5.08. The lowest BCUT2D eigenvalue weighted by atomic mass is 9.74. The van der Waals surface area contributed by atoms with Gasteiger partial charge in [0, 0.05) is 48.0 Å². The summed E-state index contributed by atoms with van der Waals surface area (Å²) < 4.78 is 2.66. The van der Waals surface area contributed by atoms with E-state index in [1.165, 1.54) is 87.3 Å². The summed E-state index contributed by atoms with van der Waals surface area (Å²) in [5.41, 5.74) is 13.1. The molecule has 1 spiro atoms. The Morgan fingerprint density at radius 1 is 0.389 bits per heavy atom. The van der Waals surface area contributed by atoms with E-state index in [9.17, 15) is 0 Å². The first-order chi connectivity index (χ1) is 26.8. The van der Waals surface area contributed by atoms with Crippen LogP contribution in [0.5, 0.6) is 0 Å². The van der Waals surface area contributed by atoms with Gasteiger partial charge in [0.1, 0.15) is 0 Å². The smallest absolute Gasteiger partial charge is 0.0540 e. The Labute approximate surface area is 320 Å². The van der Waals surface area contributed by atoms with Crippen LogP contribution in [0.3, 0.4) is 0 Å². The van der Waals surface area contributed by atoms with E-state index in [0.29, 0.717) is 0 Å². The Balaban J connectivity index is 1.15. The average Bonchev–Trinajstić information content (AvgIpc) is 3.93. The standard InChI is InChI=1S/C51H38N2S/c1-3-18-38(19-4-1)52(40-28-29-48-43(34-40)42-23-9-10-27-47(42)54-48)45-25-12-16-36-30-32-51(49(36)45)33-31-37-17-13-26-46(50(37)51)53(39-20-5-2-6-21-39)44-24-11-15-35-14-7-8-22-41(35)44/h1-29,34H,30-33H2/t51-/m1/s1. The number of fused-ring (bicyclic) bond motifs is 8. The van der Waals surface area contributed by atoms with Crippen LogP contribution in [0.4, 0.5) is 34.1 Å². The van der Waals surface area contributed by atoms with Crippen LogP contribution in [-0.4, -0.2) is 0 Å². The molecule has 258 valence electrons. The van der Waals surface area contributed by atoms with E-state index in [2.05, 4.69) is 192 Å². The van der Waals surface area contributed by atoms with Crippen molar-refractivity contribution in [2.24, 2.45) is 0 Å². The predicted molar refractivity (Wildman–Crippen MR) is 230 cm³/mol. The topological polar surface area (TPSA) is 6.48 Å². The molecule has 0 saturated heterocycles. The maximum atomic E-state index is 2.54. The molecule has 3 heteroatoms. The van der Waals surface area contributed by atoms with E-state index < -0.39 is 0 Å². The summed E-state index contributed by atoms with van der Waals surface area (Å²) in [5.74, 6) is 0. The lowest BCUT2D eigenvalue weighted by Crippen LogP contribution is -2.27. The largest absolute Gasteiger partial charge is 0.310 e. The highest BCUT2D eigenvalue weighted by Gasteiger charge is 2.49. The second-order valence-electron chi connectivity index (χ2n) is 14.8. The summed E-state index contributed by atoms with van der Waals surface area (Å²) in [5, 5.41) is 5.15. The predicted octanol–water partition coefficient (Wildman–Crippen LogP) is 14.3. The van der Waals surface area contributed by atoms with Crippen molar-refractivity contribution in [3.05, 3.63) is 204 Å². The average molecular weight is 711 g/mol. The molecule has 11 rings (SSSR count). The summed E-state index contributed by atoms with van der Waals surface area (Å²) in [6.45, 7) is 0. The molecule has 2 aliphatic carbocycles. The third-order valence-corrected chi connectivity index (χ3v) is 13.1. The summed E-state index contributed by atoms with van der Waals surface area (Å²) in [6.07, 6.45) is 4.32. The monoisotopic (exact) mass is 710 g/mol. The summed E-state index contributed by atoms with van der Waals surface area (Å²) in [6, 6.07) is 67.6. The van der Waals surface area contributed by atoms with Gasteiger partial charge in [0.2, 0.25) is 0 Å². The normalized spacial score (nSPS) is 15.9. The van der Waals surface area contributed by atoms with E-state index in [4.69, 9.17) is 0 Å². The molecule has 54 heavy (non-hydrogen) atoms. The van der Waals surface area contributed by atoms with Crippen molar-refractivity contribution in [1.82, 2.24) is 0 Å². The third-order valence-electron chi connectivity index (χ3n) is 12.0. The van der Waals surface area contributed by atoms with Crippen LogP contribution in [0.2, 0.25) is 0 Å². The highest BCUT2D eigenvalue weighted by Crippen LogP contribution is 2.60. The van der Waals surface area contributed by atoms with Gasteiger partial charge in [-0.25, -0.2) is 0 Å². The first kappa shape index (κ1) is 31.4. The number of thiophene rings is 1. The molecular weight excluding hydrogens is 673 g/mol. The van der Waals surface area contributed by atoms with E-state index in [0.717, 1.165) is 25.7 Å². The number of nitrogens with zero attached hydrogens (tertiary/aromatic N) is 2. The first-order valence-corrected chi connectivity index (χ1v) is 19.9. The highest BCUT2D eigenvalue weighted by atomic mass is 32.1. The number of rotatable bonds is 6. The van der Waals surface area contributed by atoms with Crippen molar-refractivity contribution in [2.45, 2.75) is 31.1 Å². The SMILES string of the molecule is c1ccc(N(c2ccc3sc4ccccc4c3c2)c2cccc3c2[C@@]2(CC3)CCc3cccc(N(c4ccccc4)c4cccc5ccccc45)c32)cc1. The van der Waals surface area contributed by atoms with E-state index in [1.807, 2.05) is 11.3 Å². The Morgan fingerprint density at radius 3 is 1.65 bits per heavy atom. The minimum Gasteiger partial charge on any atom is -0.310 e. The lowest BCUT2D eigenvalue weighted by Gasteiger charge is -2.37. The Bertz CT molecular complexity index is 2850. The summed E-state index contributed by atoms with van der Waals surface area (Å²) >= 11 is 1.88.